The van der Waals surface area contributed by atoms with Gasteiger partial charge in [0.05, 0.1) is 6.61 Å². The molecule has 10 nitrogen and oxygen atoms in total. The summed E-state index contributed by atoms with van der Waals surface area (Å²) in [5.74, 6) is -0.450. The second-order valence-electron chi connectivity index (χ2n) is 7.31. The van der Waals surface area contributed by atoms with Crippen LogP contribution in [-0.4, -0.2) is 72.9 Å². The lowest BCUT2D eigenvalue weighted by Crippen LogP contribution is -2.64. The van der Waals surface area contributed by atoms with Gasteiger partial charge in [-0.1, -0.05) is 37.8 Å². The van der Waals surface area contributed by atoms with Crippen molar-refractivity contribution in [2.45, 2.75) is 89.4 Å². The summed E-state index contributed by atoms with van der Waals surface area (Å²) in [6.07, 6.45) is 6.12. The summed E-state index contributed by atoms with van der Waals surface area (Å²) in [7, 11) is -4.74. The molecule has 1 fully saturated rings. The minimum absolute atomic E-state index is 0.300. The Morgan fingerprint density at radius 3 is 2.33 bits per heavy atom. The van der Waals surface area contributed by atoms with E-state index in [0.717, 1.165) is 32.1 Å². The van der Waals surface area contributed by atoms with Crippen LogP contribution in [0.1, 0.15) is 58.8 Å². The first-order valence-electron chi connectivity index (χ1n) is 10.3. The van der Waals surface area contributed by atoms with E-state index in [2.05, 4.69) is 15.6 Å². The highest BCUT2D eigenvalue weighted by Crippen LogP contribution is 2.23. The van der Waals surface area contributed by atoms with Crippen molar-refractivity contribution in [1.29, 1.82) is 0 Å². The lowest BCUT2D eigenvalue weighted by atomic mass is 9.97. The molecule has 1 heterocycles. The third kappa shape index (κ3) is 10.8. The number of hydrogen-bond donors (Lipinski definition) is 4. The Morgan fingerprint density at radius 2 is 1.73 bits per heavy atom. The van der Waals surface area contributed by atoms with Crippen LogP contribution < -0.4 is 5.32 Å². The number of aliphatic hydroxyl groups excluding tert-OH is 2. The Labute approximate surface area is 178 Å². The molecule has 0 aromatic heterocycles. The molecule has 1 amide bonds. The van der Waals surface area contributed by atoms with Crippen LogP contribution in [0.2, 0.25) is 0 Å². The molecule has 1 aliphatic heterocycles. The average molecular weight is 454 g/mol. The Bertz CT molecular complexity index is 625. The van der Waals surface area contributed by atoms with Gasteiger partial charge in [0.25, 0.3) is 0 Å². The van der Waals surface area contributed by atoms with Crippen molar-refractivity contribution in [3.63, 3.8) is 0 Å². The molecule has 0 aliphatic carbocycles. The SMILES string of the molecule is C/C=C\CCCCCCCCO[C@H]1O[C@H](COS(=O)(=O)O)[C@@H](O)[C@H](O)[C@H]1NC(C)=O. The summed E-state index contributed by atoms with van der Waals surface area (Å²) in [4.78, 5) is 11.4. The topological polar surface area (TPSA) is 152 Å². The molecule has 0 aromatic rings. The quantitative estimate of drug-likeness (QED) is 0.172. The van der Waals surface area contributed by atoms with Gasteiger partial charge in [-0.05, 0) is 26.2 Å². The van der Waals surface area contributed by atoms with Crippen LogP contribution in [0.4, 0.5) is 0 Å². The highest BCUT2D eigenvalue weighted by atomic mass is 32.3. The summed E-state index contributed by atoms with van der Waals surface area (Å²) in [6.45, 7) is 2.85. The number of ether oxygens (including phenoxy) is 2. The van der Waals surface area contributed by atoms with Gasteiger partial charge in [0.1, 0.15) is 24.4 Å². The predicted molar refractivity (Wildman–Crippen MR) is 109 cm³/mol. The maximum absolute atomic E-state index is 11.4. The Balaban J connectivity index is 2.48. The molecule has 0 radical (unpaired) electrons. The van der Waals surface area contributed by atoms with Crippen molar-refractivity contribution in [2.75, 3.05) is 13.2 Å². The molecule has 11 heteroatoms. The van der Waals surface area contributed by atoms with Crippen LogP contribution in [0.3, 0.4) is 0 Å². The lowest BCUT2D eigenvalue weighted by molar-refractivity contribution is -0.269. The van der Waals surface area contributed by atoms with Gasteiger partial charge in [0.2, 0.25) is 5.91 Å². The van der Waals surface area contributed by atoms with E-state index in [9.17, 15) is 23.4 Å². The van der Waals surface area contributed by atoms with Crippen molar-refractivity contribution in [3.05, 3.63) is 12.2 Å². The zero-order valence-corrected chi connectivity index (χ0v) is 18.4. The van der Waals surface area contributed by atoms with Crippen LogP contribution in [0.5, 0.6) is 0 Å². The van der Waals surface area contributed by atoms with Gasteiger partial charge in [0.15, 0.2) is 6.29 Å². The number of carbonyl (C=O) groups excluding carboxylic acids is 1. The molecule has 4 N–H and O–H groups in total. The summed E-state index contributed by atoms with van der Waals surface area (Å²) in [5.41, 5.74) is 0. The molecular weight excluding hydrogens is 418 g/mol. The monoisotopic (exact) mass is 453 g/mol. The van der Waals surface area contributed by atoms with Crippen molar-refractivity contribution >= 4 is 16.3 Å². The normalized spacial score (nSPS) is 27.4. The number of allylic oxidation sites excluding steroid dienone is 2. The van der Waals surface area contributed by atoms with E-state index in [1.54, 1.807) is 0 Å². The fourth-order valence-corrected chi connectivity index (χ4v) is 3.50. The van der Waals surface area contributed by atoms with Gasteiger partial charge in [0, 0.05) is 13.5 Å². The smallest absolute Gasteiger partial charge is 0.388 e. The molecular formula is C19H35NO9S. The molecule has 0 spiro atoms. The molecule has 0 bridgehead atoms. The van der Waals surface area contributed by atoms with Gasteiger partial charge in [-0.3, -0.25) is 9.35 Å². The van der Waals surface area contributed by atoms with Crippen molar-refractivity contribution in [3.8, 4) is 0 Å². The van der Waals surface area contributed by atoms with E-state index in [1.165, 1.54) is 19.8 Å². The zero-order chi connectivity index (χ0) is 22.6. The van der Waals surface area contributed by atoms with Crippen LogP contribution in [0.25, 0.3) is 0 Å². The summed E-state index contributed by atoms with van der Waals surface area (Å²) < 4.78 is 45.6. The summed E-state index contributed by atoms with van der Waals surface area (Å²) in [6, 6.07) is -1.04. The van der Waals surface area contributed by atoms with Crippen LogP contribution in [0, 0.1) is 0 Å². The lowest BCUT2D eigenvalue weighted by Gasteiger charge is -2.42. The van der Waals surface area contributed by atoms with E-state index in [4.69, 9.17) is 14.0 Å². The van der Waals surface area contributed by atoms with Crippen molar-refractivity contribution < 1.29 is 41.6 Å². The number of carbonyl (C=O) groups is 1. The Hall–Kier alpha value is -1.08. The second-order valence-corrected chi connectivity index (χ2v) is 8.40. The van der Waals surface area contributed by atoms with E-state index in [-0.39, 0.29) is 0 Å². The second kappa shape index (κ2) is 14.1. The third-order valence-corrected chi connectivity index (χ3v) is 5.17. The standard InChI is InChI=1S/C19H35NO9S/c1-3-4-5-6-7-8-9-10-11-12-27-19-16(20-14(2)21)18(23)17(22)15(29-19)13-28-30(24,25)26/h3-4,15-19,22-23H,5-13H2,1-2H3,(H,20,21)(H,24,25,26)/b4-3-/t15-,16-,17-,18-,19+/m1/s1. The minimum Gasteiger partial charge on any atom is -0.388 e. The molecule has 1 rings (SSSR count). The molecule has 0 aromatic carbocycles. The van der Waals surface area contributed by atoms with E-state index in [0.29, 0.717) is 6.61 Å². The summed E-state index contributed by atoms with van der Waals surface area (Å²) >= 11 is 0. The van der Waals surface area contributed by atoms with Crippen molar-refractivity contribution in [2.24, 2.45) is 0 Å². The molecule has 0 unspecified atom stereocenters. The Morgan fingerprint density at radius 1 is 1.10 bits per heavy atom. The molecule has 5 atom stereocenters. The number of nitrogens with one attached hydrogen (secondary N) is 1. The molecule has 1 saturated heterocycles. The number of unbranched alkanes of at least 4 members (excludes halogenated alkanes) is 6. The van der Waals surface area contributed by atoms with E-state index in [1.807, 2.05) is 13.0 Å². The molecule has 176 valence electrons. The largest absolute Gasteiger partial charge is 0.397 e. The number of aliphatic hydroxyl groups is 2. The van der Waals surface area contributed by atoms with Gasteiger partial charge in [-0.25, -0.2) is 4.18 Å². The number of rotatable bonds is 14. The highest BCUT2D eigenvalue weighted by Gasteiger charge is 2.46. The van der Waals surface area contributed by atoms with E-state index >= 15 is 0 Å². The first-order chi connectivity index (χ1) is 14.2. The maximum Gasteiger partial charge on any atom is 0.397 e. The third-order valence-electron chi connectivity index (χ3n) is 4.74. The predicted octanol–water partition coefficient (Wildman–Crippen LogP) is 1.08. The van der Waals surface area contributed by atoms with Gasteiger partial charge < -0.3 is 25.0 Å². The van der Waals surface area contributed by atoms with Crippen molar-refractivity contribution in [1.82, 2.24) is 5.32 Å². The molecule has 1 aliphatic rings. The fraction of sp³-hybridized carbons (Fsp3) is 0.842. The maximum atomic E-state index is 11.4. The average Bonchev–Trinajstić information content (AvgIpc) is 2.66. The van der Waals surface area contributed by atoms with Crippen LogP contribution >= 0.6 is 0 Å². The number of amides is 1. The van der Waals surface area contributed by atoms with Crippen LogP contribution in [-0.2, 0) is 28.9 Å². The summed E-state index contributed by atoms with van der Waals surface area (Å²) in [5, 5.41) is 22.9. The van der Waals surface area contributed by atoms with Gasteiger partial charge in [-0.15, -0.1) is 0 Å². The van der Waals surface area contributed by atoms with Gasteiger partial charge in [-0.2, -0.15) is 8.42 Å². The van der Waals surface area contributed by atoms with Gasteiger partial charge >= 0.3 is 10.4 Å². The Kier molecular flexibility index (Phi) is 12.6. The minimum atomic E-state index is -4.74. The van der Waals surface area contributed by atoms with E-state index < -0.39 is 53.6 Å². The zero-order valence-electron chi connectivity index (χ0n) is 17.6. The molecule has 30 heavy (non-hydrogen) atoms. The number of hydrogen-bond acceptors (Lipinski definition) is 8. The first-order valence-corrected chi connectivity index (χ1v) is 11.7. The first kappa shape index (κ1) is 27.0. The van der Waals surface area contributed by atoms with Crippen LogP contribution in [0.15, 0.2) is 12.2 Å². The fourth-order valence-electron chi connectivity index (χ4n) is 3.19. The molecule has 0 saturated carbocycles. The highest BCUT2D eigenvalue weighted by molar-refractivity contribution is 7.80.